The van der Waals surface area contributed by atoms with Crippen molar-refractivity contribution in [3.63, 3.8) is 0 Å². The van der Waals surface area contributed by atoms with Crippen LogP contribution in [-0.4, -0.2) is 28.2 Å². The fraction of sp³-hybridized carbons (Fsp3) is 0.636. The number of carboxylic acids is 2. The van der Waals surface area contributed by atoms with E-state index < -0.39 is 11.9 Å². The third kappa shape index (κ3) is 4.02. The van der Waals surface area contributed by atoms with E-state index in [-0.39, 0.29) is 12.8 Å². The quantitative estimate of drug-likeness (QED) is 0.620. The minimum atomic E-state index is -1.08. The van der Waals surface area contributed by atoms with Gasteiger partial charge in [-0.15, -0.1) is 0 Å². The van der Waals surface area contributed by atoms with Crippen molar-refractivity contribution in [1.82, 2.24) is 0 Å². The molecule has 3 unspecified atom stereocenters. The molecule has 0 aromatic carbocycles. The number of carbonyl (C=O) groups is 2. The lowest BCUT2D eigenvalue weighted by Gasteiger charge is -1.96. The van der Waals surface area contributed by atoms with Crippen molar-refractivity contribution in [1.29, 1.82) is 0 Å². The third-order valence-electron chi connectivity index (χ3n) is 2.87. The van der Waals surface area contributed by atoms with Crippen molar-refractivity contribution in [2.75, 3.05) is 0 Å². The van der Waals surface area contributed by atoms with E-state index in [0.717, 1.165) is 11.8 Å². The molecule has 0 heterocycles. The SMILES string of the molecule is NC1C2C=CCCC12.O=C(O)CCC(=O)O. The average Bonchev–Trinajstić information content (AvgIpc) is 2.89. The van der Waals surface area contributed by atoms with Crippen LogP contribution in [0.2, 0.25) is 0 Å². The summed E-state index contributed by atoms with van der Waals surface area (Å²) >= 11 is 0. The number of allylic oxidation sites excluding steroid dienone is 1. The second kappa shape index (κ2) is 5.65. The smallest absolute Gasteiger partial charge is 0.303 e. The van der Waals surface area contributed by atoms with E-state index in [1.165, 1.54) is 12.8 Å². The molecular weight excluding hydrogens is 210 g/mol. The van der Waals surface area contributed by atoms with Crippen molar-refractivity contribution < 1.29 is 19.8 Å². The fourth-order valence-electron chi connectivity index (χ4n) is 1.84. The summed E-state index contributed by atoms with van der Waals surface area (Å²) in [5.74, 6) is -0.524. The number of aliphatic carboxylic acids is 2. The van der Waals surface area contributed by atoms with Crippen molar-refractivity contribution in [2.45, 2.75) is 31.7 Å². The Kier molecular flexibility index (Phi) is 4.49. The molecule has 0 aliphatic heterocycles. The highest BCUT2D eigenvalue weighted by atomic mass is 16.4. The summed E-state index contributed by atoms with van der Waals surface area (Å²) in [6.07, 6.45) is 6.54. The lowest BCUT2D eigenvalue weighted by atomic mass is 10.1. The van der Waals surface area contributed by atoms with Gasteiger partial charge in [-0.05, 0) is 24.7 Å². The second-order valence-corrected chi connectivity index (χ2v) is 4.11. The number of carboxylic acid groups (broad SMARTS) is 2. The first-order valence-corrected chi connectivity index (χ1v) is 5.38. The zero-order valence-electron chi connectivity index (χ0n) is 9.00. The standard InChI is InChI=1S/C7H11N.C4H6O4/c8-7-5-3-1-2-4-6(5)7;5-3(6)1-2-4(7)8/h1,3,5-7H,2,4,8H2;1-2H2,(H,5,6)(H,7,8). The van der Waals surface area contributed by atoms with Crippen LogP contribution < -0.4 is 5.73 Å². The third-order valence-corrected chi connectivity index (χ3v) is 2.87. The molecule has 0 bridgehead atoms. The molecule has 0 aromatic rings. The predicted octanol–water partition coefficient (Wildman–Crippen LogP) is 0.845. The molecule has 2 aliphatic rings. The zero-order valence-corrected chi connectivity index (χ0v) is 9.00. The molecule has 3 atom stereocenters. The van der Waals surface area contributed by atoms with Gasteiger partial charge in [-0.25, -0.2) is 0 Å². The summed E-state index contributed by atoms with van der Waals surface area (Å²) in [6, 6.07) is 0.522. The Balaban J connectivity index is 0.000000160. The zero-order chi connectivity index (χ0) is 12.1. The molecule has 2 rings (SSSR count). The summed E-state index contributed by atoms with van der Waals surface area (Å²) in [4.78, 5) is 19.3. The first-order chi connectivity index (χ1) is 7.52. The minimum absolute atomic E-state index is 0.296. The van der Waals surface area contributed by atoms with E-state index in [1.54, 1.807) is 0 Å². The number of nitrogens with two attached hydrogens (primary N) is 1. The lowest BCUT2D eigenvalue weighted by Crippen LogP contribution is -2.01. The van der Waals surface area contributed by atoms with E-state index in [2.05, 4.69) is 12.2 Å². The first kappa shape index (κ1) is 12.7. The summed E-state index contributed by atoms with van der Waals surface area (Å²) in [7, 11) is 0. The predicted molar refractivity (Wildman–Crippen MR) is 57.8 cm³/mol. The van der Waals surface area contributed by atoms with E-state index in [4.69, 9.17) is 15.9 Å². The molecule has 0 amide bonds. The molecule has 1 saturated carbocycles. The monoisotopic (exact) mass is 227 g/mol. The summed E-state index contributed by atoms with van der Waals surface area (Å²) in [6.45, 7) is 0. The molecule has 5 heteroatoms. The Bertz CT molecular complexity index is 286. The topological polar surface area (TPSA) is 101 Å². The van der Waals surface area contributed by atoms with Crippen LogP contribution in [0.15, 0.2) is 12.2 Å². The van der Waals surface area contributed by atoms with Gasteiger partial charge in [0.2, 0.25) is 0 Å². The summed E-state index contributed by atoms with van der Waals surface area (Å²) < 4.78 is 0. The van der Waals surface area contributed by atoms with Gasteiger partial charge < -0.3 is 15.9 Å². The van der Waals surface area contributed by atoms with Gasteiger partial charge in [0, 0.05) is 6.04 Å². The number of hydrogen-bond acceptors (Lipinski definition) is 3. The van der Waals surface area contributed by atoms with E-state index >= 15 is 0 Å². The Hall–Kier alpha value is -1.36. The average molecular weight is 227 g/mol. The maximum absolute atomic E-state index is 9.64. The highest BCUT2D eigenvalue weighted by molar-refractivity contribution is 5.75. The van der Waals surface area contributed by atoms with E-state index in [9.17, 15) is 9.59 Å². The first-order valence-electron chi connectivity index (χ1n) is 5.38. The van der Waals surface area contributed by atoms with Crippen LogP contribution in [0.25, 0.3) is 0 Å². The van der Waals surface area contributed by atoms with Gasteiger partial charge in [0.1, 0.15) is 0 Å². The van der Waals surface area contributed by atoms with Crippen molar-refractivity contribution in [3.8, 4) is 0 Å². The molecule has 2 aliphatic carbocycles. The van der Waals surface area contributed by atoms with Gasteiger partial charge in [0.15, 0.2) is 0 Å². The number of rotatable bonds is 3. The number of hydrogen-bond donors (Lipinski definition) is 3. The molecule has 0 aromatic heterocycles. The van der Waals surface area contributed by atoms with Crippen molar-refractivity contribution in [3.05, 3.63) is 12.2 Å². The largest absolute Gasteiger partial charge is 0.481 e. The van der Waals surface area contributed by atoms with Gasteiger partial charge in [0.25, 0.3) is 0 Å². The van der Waals surface area contributed by atoms with Crippen LogP contribution in [0.3, 0.4) is 0 Å². The maximum atomic E-state index is 9.64. The Morgan fingerprint density at radius 2 is 1.81 bits per heavy atom. The Labute approximate surface area is 93.9 Å². The molecule has 1 fully saturated rings. The minimum Gasteiger partial charge on any atom is -0.481 e. The van der Waals surface area contributed by atoms with Crippen LogP contribution in [0.1, 0.15) is 25.7 Å². The molecule has 0 saturated heterocycles. The summed E-state index contributed by atoms with van der Waals surface area (Å²) in [5, 5.41) is 15.8. The van der Waals surface area contributed by atoms with Gasteiger partial charge in [-0.3, -0.25) is 9.59 Å². The highest BCUT2D eigenvalue weighted by Gasteiger charge is 2.45. The van der Waals surface area contributed by atoms with Gasteiger partial charge >= 0.3 is 11.9 Å². The Morgan fingerprint density at radius 3 is 2.12 bits per heavy atom. The fourth-order valence-corrected chi connectivity index (χ4v) is 1.84. The lowest BCUT2D eigenvalue weighted by molar-refractivity contribution is -0.143. The van der Waals surface area contributed by atoms with Crippen LogP contribution >= 0.6 is 0 Å². The van der Waals surface area contributed by atoms with Crippen LogP contribution in [0.4, 0.5) is 0 Å². The molecule has 0 radical (unpaired) electrons. The molecular formula is C11H17NO4. The van der Waals surface area contributed by atoms with Gasteiger partial charge in [-0.1, -0.05) is 12.2 Å². The maximum Gasteiger partial charge on any atom is 0.303 e. The van der Waals surface area contributed by atoms with Gasteiger partial charge in [0.05, 0.1) is 12.8 Å². The van der Waals surface area contributed by atoms with Crippen LogP contribution in [0.5, 0.6) is 0 Å². The highest BCUT2D eigenvalue weighted by Crippen LogP contribution is 2.44. The van der Waals surface area contributed by atoms with Gasteiger partial charge in [-0.2, -0.15) is 0 Å². The van der Waals surface area contributed by atoms with Crippen molar-refractivity contribution in [2.24, 2.45) is 17.6 Å². The molecule has 90 valence electrons. The van der Waals surface area contributed by atoms with Crippen LogP contribution in [-0.2, 0) is 9.59 Å². The van der Waals surface area contributed by atoms with Crippen LogP contribution in [0, 0.1) is 11.8 Å². The number of fused-ring (bicyclic) bond motifs is 1. The Morgan fingerprint density at radius 1 is 1.25 bits per heavy atom. The summed E-state index contributed by atoms with van der Waals surface area (Å²) in [5.41, 5.74) is 5.72. The van der Waals surface area contributed by atoms with Crippen molar-refractivity contribution >= 4 is 11.9 Å². The second-order valence-electron chi connectivity index (χ2n) is 4.11. The van der Waals surface area contributed by atoms with E-state index in [0.29, 0.717) is 6.04 Å². The molecule has 16 heavy (non-hydrogen) atoms. The van der Waals surface area contributed by atoms with E-state index in [1.807, 2.05) is 0 Å². The molecule has 4 N–H and O–H groups in total. The molecule has 5 nitrogen and oxygen atoms in total. The normalized spacial score (nSPS) is 29.7. The molecule has 0 spiro atoms.